The number of nitrogens with one attached hydrogen (secondary N) is 3. The predicted octanol–water partition coefficient (Wildman–Crippen LogP) is 3.33. The van der Waals surface area contributed by atoms with Crippen molar-refractivity contribution in [3.05, 3.63) is 42.4 Å². The summed E-state index contributed by atoms with van der Waals surface area (Å²) in [6.07, 6.45) is 3.32. The second kappa shape index (κ2) is 11.8. The Morgan fingerprint density at radius 2 is 1.91 bits per heavy atom. The Morgan fingerprint density at radius 1 is 1.12 bits per heavy atom. The number of hydrogen-bond acceptors (Lipinski definition) is 6. The largest absolute Gasteiger partial charge is 0.488 e. The Hall–Kier alpha value is -2.63. The number of aryl methyl sites for hydroxylation is 1. The second-order valence-corrected chi connectivity index (χ2v) is 8.10. The predicted molar refractivity (Wildman–Crippen MR) is 140 cm³/mol. The number of hydrogen-bond donors (Lipinski definition) is 3. The van der Waals surface area contributed by atoms with E-state index in [2.05, 4.69) is 31.0 Å². The molecule has 0 aliphatic rings. The van der Waals surface area contributed by atoms with Crippen LogP contribution in [0.5, 0.6) is 5.75 Å². The molecule has 0 bridgehead atoms. The van der Waals surface area contributed by atoms with Gasteiger partial charge in [0.2, 0.25) is 0 Å². The number of aromatic nitrogens is 4. The van der Waals surface area contributed by atoms with Crippen molar-refractivity contribution in [2.75, 3.05) is 25.0 Å². The summed E-state index contributed by atoms with van der Waals surface area (Å²) in [6, 6.07) is 8.02. The van der Waals surface area contributed by atoms with Gasteiger partial charge < -0.3 is 20.7 Å². The first-order valence-corrected chi connectivity index (χ1v) is 10.5. The SMILES string of the molecule is CCNC(=NCc1ccccc1OC(C)(C)C)NCCNc1ncnc2c1cnn2C.I. The molecule has 0 saturated heterocycles. The molecule has 32 heavy (non-hydrogen) atoms. The molecule has 3 rings (SSSR count). The summed E-state index contributed by atoms with van der Waals surface area (Å²) < 4.78 is 7.80. The lowest BCUT2D eigenvalue weighted by molar-refractivity contribution is 0.129. The molecule has 10 heteroatoms. The van der Waals surface area contributed by atoms with Gasteiger partial charge in [-0.15, -0.1) is 24.0 Å². The number of benzene rings is 1. The van der Waals surface area contributed by atoms with E-state index in [0.29, 0.717) is 19.6 Å². The highest BCUT2D eigenvalue weighted by molar-refractivity contribution is 14.0. The van der Waals surface area contributed by atoms with E-state index >= 15 is 0 Å². The minimum Gasteiger partial charge on any atom is -0.488 e. The average molecular weight is 552 g/mol. The number of halogens is 1. The Labute approximate surface area is 206 Å². The van der Waals surface area contributed by atoms with Crippen molar-refractivity contribution in [2.24, 2.45) is 12.0 Å². The van der Waals surface area contributed by atoms with Gasteiger partial charge in [0.05, 0.1) is 18.1 Å². The normalized spacial score (nSPS) is 11.7. The van der Waals surface area contributed by atoms with Gasteiger partial charge in [-0.1, -0.05) is 18.2 Å². The Kier molecular flexibility index (Phi) is 9.48. The van der Waals surface area contributed by atoms with Gasteiger partial charge in [-0.3, -0.25) is 4.68 Å². The number of para-hydroxylation sites is 1. The zero-order valence-electron chi connectivity index (χ0n) is 19.3. The van der Waals surface area contributed by atoms with E-state index in [9.17, 15) is 0 Å². The van der Waals surface area contributed by atoms with Crippen LogP contribution in [0.15, 0.2) is 41.8 Å². The lowest BCUT2D eigenvalue weighted by Crippen LogP contribution is -2.39. The lowest BCUT2D eigenvalue weighted by Gasteiger charge is -2.23. The van der Waals surface area contributed by atoms with Crippen molar-refractivity contribution in [2.45, 2.75) is 39.8 Å². The van der Waals surface area contributed by atoms with Crippen LogP contribution in [0.2, 0.25) is 0 Å². The number of aliphatic imine (C=N–C) groups is 1. The van der Waals surface area contributed by atoms with E-state index in [4.69, 9.17) is 9.73 Å². The highest BCUT2D eigenvalue weighted by Gasteiger charge is 2.14. The Morgan fingerprint density at radius 3 is 2.66 bits per heavy atom. The molecule has 174 valence electrons. The number of fused-ring (bicyclic) bond motifs is 1. The monoisotopic (exact) mass is 552 g/mol. The van der Waals surface area contributed by atoms with Gasteiger partial charge in [-0.05, 0) is 33.8 Å². The number of nitrogens with zero attached hydrogens (tertiary/aromatic N) is 5. The molecule has 0 unspecified atom stereocenters. The lowest BCUT2D eigenvalue weighted by atomic mass is 10.1. The van der Waals surface area contributed by atoms with Crippen molar-refractivity contribution >= 4 is 46.8 Å². The highest BCUT2D eigenvalue weighted by Crippen LogP contribution is 2.23. The van der Waals surface area contributed by atoms with E-state index in [1.54, 1.807) is 17.2 Å². The van der Waals surface area contributed by atoms with Crippen LogP contribution in [-0.4, -0.2) is 50.9 Å². The van der Waals surface area contributed by atoms with E-state index < -0.39 is 0 Å². The maximum Gasteiger partial charge on any atom is 0.191 e. The molecule has 0 atom stereocenters. The van der Waals surface area contributed by atoms with Gasteiger partial charge in [0.1, 0.15) is 23.5 Å². The number of rotatable bonds is 8. The van der Waals surface area contributed by atoms with Crippen LogP contribution < -0.4 is 20.7 Å². The van der Waals surface area contributed by atoms with Crippen LogP contribution in [0.1, 0.15) is 33.3 Å². The van der Waals surface area contributed by atoms with E-state index in [1.165, 1.54) is 0 Å². The Bertz CT molecular complexity index is 1030. The minimum absolute atomic E-state index is 0. The fourth-order valence-electron chi connectivity index (χ4n) is 3.03. The molecule has 3 N–H and O–H groups in total. The fourth-order valence-corrected chi connectivity index (χ4v) is 3.03. The number of anilines is 1. The van der Waals surface area contributed by atoms with Gasteiger partial charge in [0.25, 0.3) is 0 Å². The van der Waals surface area contributed by atoms with Crippen molar-refractivity contribution in [3.63, 3.8) is 0 Å². The molecule has 0 aliphatic carbocycles. The molecule has 3 aromatic rings. The van der Waals surface area contributed by atoms with E-state index in [1.807, 2.05) is 59.0 Å². The first kappa shape index (κ1) is 25.6. The smallest absolute Gasteiger partial charge is 0.191 e. The summed E-state index contributed by atoms with van der Waals surface area (Å²) in [4.78, 5) is 13.3. The standard InChI is InChI=1S/C22H32N8O.HI/c1-6-23-21(26-13-16-9-7-8-10-18(16)31-22(2,3)4)25-12-11-24-19-17-14-29-30(5)20(17)28-15-27-19;/h7-10,14-15H,6,11-13H2,1-5H3,(H2,23,25,26)(H,24,27,28);1H. The molecule has 0 fully saturated rings. The zero-order chi connectivity index (χ0) is 22.3. The van der Waals surface area contributed by atoms with E-state index in [0.717, 1.165) is 40.7 Å². The third kappa shape index (κ3) is 7.21. The van der Waals surface area contributed by atoms with Crippen molar-refractivity contribution in [3.8, 4) is 5.75 Å². The summed E-state index contributed by atoms with van der Waals surface area (Å²) in [5.41, 5.74) is 1.60. The molecular formula is C22H33IN8O. The summed E-state index contributed by atoms with van der Waals surface area (Å²) in [5.74, 6) is 2.39. The number of ether oxygens (including phenoxy) is 1. The molecule has 2 heterocycles. The van der Waals surface area contributed by atoms with Crippen LogP contribution in [-0.2, 0) is 13.6 Å². The zero-order valence-corrected chi connectivity index (χ0v) is 21.7. The van der Waals surface area contributed by atoms with Crippen LogP contribution in [0.4, 0.5) is 5.82 Å². The van der Waals surface area contributed by atoms with Crippen molar-refractivity contribution < 1.29 is 4.74 Å². The van der Waals surface area contributed by atoms with Crippen LogP contribution >= 0.6 is 24.0 Å². The molecule has 0 radical (unpaired) electrons. The molecular weight excluding hydrogens is 519 g/mol. The van der Waals surface area contributed by atoms with Gasteiger partial charge in [-0.25, -0.2) is 15.0 Å². The van der Waals surface area contributed by atoms with Gasteiger partial charge in [-0.2, -0.15) is 5.10 Å². The van der Waals surface area contributed by atoms with Crippen LogP contribution in [0, 0.1) is 0 Å². The molecule has 0 aliphatic heterocycles. The van der Waals surface area contributed by atoms with Crippen molar-refractivity contribution in [1.29, 1.82) is 0 Å². The first-order chi connectivity index (χ1) is 14.9. The summed E-state index contributed by atoms with van der Waals surface area (Å²) in [7, 11) is 1.87. The van der Waals surface area contributed by atoms with Crippen LogP contribution in [0.25, 0.3) is 11.0 Å². The topological polar surface area (TPSA) is 101 Å². The third-order valence-corrected chi connectivity index (χ3v) is 4.38. The van der Waals surface area contributed by atoms with Crippen molar-refractivity contribution in [1.82, 2.24) is 30.4 Å². The van der Waals surface area contributed by atoms with E-state index in [-0.39, 0.29) is 29.6 Å². The second-order valence-electron chi connectivity index (χ2n) is 8.10. The molecule has 1 aromatic carbocycles. The fraction of sp³-hybridized carbons (Fsp3) is 0.455. The Balaban J connectivity index is 0.00000363. The molecule has 0 amide bonds. The van der Waals surface area contributed by atoms with Crippen LogP contribution in [0.3, 0.4) is 0 Å². The third-order valence-electron chi connectivity index (χ3n) is 4.38. The molecule has 0 saturated carbocycles. The highest BCUT2D eigenvalue weighted by atomic mass is 127. The van der Waals surface area contributed by atoms with Gasteiger partial charge in [0, 0.05) is 32.2 Å². The molecule has 9 nitrogen and oxygen atoms in total. The maximum atomic E-state index is 6.07. The molecule has 0 spiro atoms. The number of guanidine groups is 1. The summed E-state index contributed by atoms with van der Waals surface area (Å²) in [5, 5.41) is 15.1. The maximum absolute atomic E-state index is 6.07. The van der Waals surface area contributed by atoms with Gasteiger partial charge in [0.15, 0.2) is 11.6 Å². The molecule has 2 aromatic heterocycles. The quantitative estimate of drug-likeness (QED) is 0.171. The minimum atomic E-state index is -0.255. The first-order valence-electron chi connectivity index (χ1n) is 10.5. The summed E-state index contributed by atoms with van der Waals surface area (Å²) >= 11 is 0. The average Bonchev–Trinajstić information content (AvgIpc) is 3.11. The summed E-state index contributed by atoms with van der Waals surface area (Å²) in [6.45, 7) is 10.8. The van der Waals surface area contributed by atoms with Gasteiger partial charge >= 0.3 is 0 Å².